The van der Waals surface area contributed by atoms with E-state index in [0.29, 0.717) is 6.42 Å². The molecule has 1 unspecified atom stereocenters. The van der Waals surface area contributed by atoms with Crippen LogP contribution in [0.5, 0.6) is 0 Å². The van der Waals surface area contributed by atoms with Crippen LogP contribution < -0.4 is 4.72 Å². The Hall–Kier alpha value is -0.180. The Labute approximate surface area is 116 Å². The lowest BCUT2D eigenvalue weighted by atomic mass is 10.2. The van der Waals surface area contributed by atoms with Gasteiger partial charge < -0.3 is 5.11 Å². The fourth-order valence-electron chi connectivity index (χ4n) is 1.34. The monoisotopic (exact) mass is 369 g/mol. The number of sulfonamides is 1. The van der Waals surface area contributed by atoms with Crippen molar-refractivity contribution < 1.29 is 13.5 Å². The maximum Gasteiger partial charge on any atom is 0.240 e. The summed E-state index contributed by atoms with van der Waals surface area (Å²) in [4.78, 5) is 0.224. The van der Waals surface area contributed by atoms with Gasteiger partial charge in [-0.05, 0) is 53.3 Å². The molecule has 0 spiro atoms. The average molecular weight is 369 g/mol. The molecule has 0 aliphatic carbocycles. The topological polar surface area (TPSA) is 66.4 Å². The third-order valence-corrected chi connectivity index (χ3v) is 4.41. The molecule has 96 valence electrons. The van der Waals surface area contributed by atoms with E-state index in [4.69, 9.17) is 0 Å². The molecular formula is C11H16INO3S. The molecule has 0 aliphatic heterocycles. The second-order valence-corrected chi connectivity index (χ2v) is 6.76. The number of nitrogens with one attached hydrogen (secondary N) is 1. The van der Waals surface area contributed by atoms with Gasteiger partial charge >= 0.3 is 0 Å². The van der Waals surface area contributed by atoms with Gasteiger partial charge in [-0.15, -0.1) is 0 Å². The highest BCUT2D eigenvalue weighted by Gasteiger charge is 2.15. The molecule has 0 saturated heterocycles. The fourth-order valence-corrected chi connectivity index (χ4v) is 2.77. The Balaban J connectivity index is 2.66. The highest BCUT2D eigenvalue weighted by Crippen LogP contribution is 2.11. The zero-order chi connectivity index (χ0) is 12.9. The van der Waals surface area contributed by atoms with Crippen molar-refractivity contribution in [2.75, 3.05) is 6.54 Å². The number of aliphatic hydroxyl groups is 1. The van der Waals surface area contributed by atoms with E-state index in [-0.39, 0.29) is 11.4 Å². The summed E-state index contributed by atoms with van der Waals surface area (Å²) >= 11 is 2.11. The molecule has 0 radical (unpaired) electrons. The van der Waals surface area contributed by atoms with Crippen LogP contribution in [0.4, 0.5) is 0 Å². The van der Waals surface area contributed by atoms with Crippen LogP contribution >= 0.6 is 22.6 Å². The minimum Gasteiger partial charge on any atom is -0.392 e. The molecular weight excluding hydrogens is 353 g/mol. The summed E-state index contributed by atoms with van der Waals surface area (Å²) in [5.74, 6) is 0. The van der Waals surface area contributed by atoms with Gasteiger partial charge in [0, 0.05) is 10.1 Å². The van der Waals surface area contributed by atoms with E-state index in [1.54, 1.807) is 24.3 Å². The van der Waals surface area contributed by atoms with Crippen LogP contribution in [0.15, 0.2) is 29.2 Å². The predicted molar refractivity (Wildman–Crippen MR) is 75.3 cm³/mol. The Morgan fingerprint density at radius 3 is 2.47 bits per heavy atom. The first-order valence-corrected chi connectivity index (χ1v) is 7.95. The fraction of sp³-hybridized carbons (Fsp3) is 0.455. The van der Waals surface area contributed by atoms with Crippen LogP contribution in [0.25, 0.3) is 0 Å². The van der Waals surface area contributed by atoms with E-state index in [9.17, 15) is 13.5 Å². The molecule has 1 atom stereocenters. The quantitative estimate of drug-likeness (QED) is 0.751. The van der Waals surface area contributed by atoms with Crippen molar-refractivity contribution in [1.82, 2.24) is 4.72 Å². The number of hydrogen-bond acceptors (Lipinski definition) is 3. The number of aliphatic hydroxyl groups excluding tert-OH is 1. The van der Waals surface area contributed by atoms with E-state index in [2.05, 4.69) is 27.3 Å². The number of hydrogen-bond donors (Lipinski definition) is 2. The van der Waals surface area contributed by atoms with E-state index >= 15 is 0 Å². The Bertz CT molecular complexity index is 444. The SMILES string of the molecule is CCCC(O)CNS(=O)(=O)c1ccc(I)cc1. The van der Waals surface area contributed by atoms with E-state index in [1.807, 2.05) is 6.92 Å². The van der Waals surface area contributed by atoms with Crippen molar-refractivity contribution in [2.24, 2.45) is 0 Å². The Kier molecular flexibility index (Phi) is 5.84. The third kappa shape index (κ3) is 4.90. The van der Waals surface area contributed by atoms with Crippen molar-refractivity contribution in [3.63, 3.8) is 0 Å². The largest absolute Gasteiger partial charge is 0.392 e. The molecule has 0 amide bonds. The van der Waals surface area contributed by atoms with Crippen LogP contribution in [-0.4, -0.2) is 26.2 Å². The number of halogens is 1. The second-order valence-electron chi connectivity index (χ2n) is 3.75. The maximum absolute atomic E-state index is 11.8. The smallest absolute Gasteiger partial charge is 0.240 e. The standard InChI is InChI=1S/C11H16INO3S/c1-2-3-10(14)8-13-17(15,16)11-6-4-9(12)5-7-11/h4-7,10,13-14H,2-3,8H2,1H3. The molecule has 1 aromatic carbocycles. The van der Waals surface area contributed by atoms with Gasteiger partial charge in [0.05, 0.1) is 11.0 Å². The number of benzene rings is 1. The molecule has 0 bridgehead atoms. The van der Waals surface area contributed by atoms with Crippen LogP contribution in [0.1, 0.15) is 19.8 Å². The summed E-state index contributed by atoms with van der Waals surface area (Å²) in [6.45, 7) is 2.00. The highest BCUT2D eigenvalue weighted by molar-refractivity contribution is 14.1. The molecule has 0 aromatic heterocycles. The van der Waals surface area contributed by atoms with Gasteiger partial charge in [0.15, 0.2) is 0 Å². The third-order valence-electron chi connectivity index (χ3n) is 2.25. The first-order chi connectivity index (χ1) is 7.95. The van der Waals surface area contributed by atoms with Gasteiger partial charge in [0.2, 0.25) is 10.0 Å². The van der Waals surface area contributed by atoms with Crippen LogP contribution in [-0.2, 0) is 10.0 Å². The lowest BCUT2D eigenvalue weighted by Gasteiger charge is -2.11. The summed E-state index contributed by atoms with van der Waals surface area (Å²) < 4.78 is 27.0. The molecule has 0 saturated carbocycles. The van der Waals surface area contributed by atoms with Crippen molar-refractivity contribution >= 4 is 32.6 Å². The summed E-state index contributed by atoms with van der Waals surface area (Å²) in [5, 5.41) is 9.48. The van der Waals surface area contributed by atoms with Crippen LogP contribution in [0.2, 0.25) is 0 Å². The van der Waals surface area contributed by atoms with E-state index in [0.717, 1.165) is 9.99 Å². The summed E-state index contributed by atoms with van der Waals surface area (Å²) in [7, 11) is -3.50. The van der Waals surface area contributed by atoms with Crippen LogP contribution in [0, 0.1) is 3.57 Å². The van der Waals surface area contributed by atoms with Crippen molar-refractivity contribution in [2.45, 2.75) is 30.8 Å². The molecule has 2 N–H and O–H groups in total. The molecule has 0 heterocycles. The molecule has 0 fully saturated rings. The molecule has 0 aliphatic rings. The van der Waals surface area contributed by atoms with E-state index in [1.165, 1.54) is 0 Å². The first-order valence-electron chi connectivity index (χ1n) is 5.39. The molecule has 17 heavy (non-hydrogen) atoms. The van der Waals surface area contributed by atoms with Gasteiger partial charge in [-0.25, -0.2) is 13.1 Å². The summed E-state index contributed by atoms with van der Waals surface area (Å²) in [5.41, 5.74) is 0. The highest BCUT2D eigenvalue weighted by atomic mass is 127. The van der Waals surface area contributed by atoms with Crippen LogP contribution in [0.3, 0.4) is 0 Å². The Morgan fingerprint density at radius 1 is 1.35 bits per heavy atom. The Morgan fingerprint density at radius 2 is 1.94 bits per heavy atom. The zero-order valence-electron chi connectivity index (χ0n) is 9.56. The lowest BCUT2D eigenvalue weighted by molar-refractivity contribution is 0.167. The van der Waals surface area contributed by atoms with Crippen molar-refractivity contribution in [3.05, 3.63) is 27.8 Å². The average Bonchev–Trinajstić information content (AvgIpc) is 2.28. The molecule has 6 heteroatoms. The minimum absolute atomic E-state index is 0.0577. The first kappa shape index (κ1) is 14.9. The van der Waals surface area contributed by atoms with Gasteiger partial charge in [-0.1, -0.05) is 13.3 Å². The van der Waals surface area contributed by atoms with E-state index < -0.39 is 16.1 Å². The number of rotatable bonds is 6. The summed E-state index contributed by atoms with van der Waals surface area (Å²) in [6.07, 6.45) is 0.792. The minimum atomic E-state index is -3.50. The van der Waals surface area contributed by atoms with Crippen molar-refractivity contribution in [3.8, 4) is 0 Å². The molecule has 4 nitrogen and oxygen atoms in total. The summed E-state index contributed by atoms with van der Waals surface area (Å²) in [6, 6.07) is 6.57. The molecule has 1 aromatic rings. The van der Waals surface area contributed by atoms with Gasteiger partial charge in [0.1, 0.15) is 0 Å². The lowest BCUT2D eigenvalue weighted by Crippen LogP contribution is -2.32. The molecule has 1 rings (SSSR count). The van der Waals surface area contributed by atoms with Gasteiger partial charge in [-0.2, -0.15) is 0 Å². The predicted octanol–water partition coefficient (Wildman–Crippen LogP) is 1.73. The normalized spacial score (nSPS) is 13.6. The van der Waals surface area contributed by atoms with Gasteiger partial charge in [0.25, 0.3) is 0 Å². The second kappa shape index (κ2) is 6.67. The van der Waals surface area contributed by atoms with Gasteiger partial charge in [-0.3, -0.25) is 0 Å². The maximum atomic E-state index is 11.8. The zero-order valence-corrected chi connectivity index (χ0v) is 12.5. The van der Waals surface area contributed by atoms with Crippen molar-refractivity contribution in [1.29, 1.82) is 0 Å².